The Kier molecular flexibility index (Phi) is 10.8. The second kappa shape index (κ2) is 14.5. The van der Waals surface area contributed by atoms with Gasteiger partial charge >= 0.3 is 12.1 Å². The number of alkyl carbamates (subject to hydrolysis) is 1. The summed E-state index contributed by atoms with van der Waals surface area (Å²) in [5.74, 6) is -2.17. The Hall–Kier alpha value is -5.14. The number of benzene rings is 2. The van der Waals surface area contributed by atoms with Crippen LogP contribution in [0.15, 0.2) is 54.6 Å². The minimum absolute atomic E-state index is 0.0376. The number of aromatic nitrogens is 4. The molecule has 3 amide bonds. The zero-order valence-electron chi connectivity index (χ0n) is 23.7. The van der Waals surface area contributed by atoms with Gasteiger partial charge in [0.25, 0.3) is 5.91 Å². The third-order valence-corrected chi connectivity index (χ3v) is 5.54. The van der Waals surface area contributed by atoms with Gasteiger partial charge in [0.2, 0.25) is 11.7 Å². The van der Waals surface area contributed by atoms with Crippen LogP contribution in [0.3, 0.4) is 0 Å². The van der Waals surface area contributed by atoms with E-state index in [1.807, 2.05) is 6.07 Å². The number of carbonyl (C=O) groups excluding carboxylic acids is 5. The molecule has 1 aromatic heterocycles. The number of ketones is 1. The molecule has 0 saturated heterocycles. The van der Waals surface area contributed by atoms with Crippen LogP contribution in [0.1, 0.15) is 43.1 Å². The average molecular weight is 580 g/mol. The van der Waals surface area contributed by atoms with Gasteiger partial charge in [0.15, 0.2) is 5.78 Å². The molecule has 222 valence electrons. The summed E-state index contributed by atoms with van der Waals surface area (Å²) >= 11 is 0. The number of hydrogen-bond acceptors (Lipinski definition) is 10. The summed E-state index contributed by atoms with van der Waals surface area (Å²) in [7, 11) is 1.45. The van der Waals surface area contributed by atoms with Gasteiger partial charge in [-0.2, -0.15) is 4.80 Å². The van der Waals surface area contributed by atoms with Crippen molar-refractivity contribution >= 4 is 29.7 Å². The third kappa shape index (κ3) is 9.80. The highest BCUT2D eigenvalue weighted by Gasteiger charge is 2.28. The molecule has 1 unspecified atom stereocenters. The lowest BCUT2D eigenvalue weighted by Crippen LogP contribution is -2.45. The Morgan fingerprint density at radius 3 is 2.36 bits per heavy atom. The van der Waals surface area contributed by atoms with Crippen molar-refractivity contribution in [1.82, 2.24) is 36.2 Å². The molecule has 0 radical (unpaired) electrons. The molecule has 0 bridgehead atoms. The Labute approximate surface area is 242 Å². The maximum absolute atomic E-state index is 13.2. The first-order valence-electron chi connectivity index (χ1n) is 13.0. The van der Waals surface area contributed by atoms with E-state index in [-0.39, 0.29) is 30.4 Å². The van der Waals surface area contributed by atoms with Crippen LogP contribution < -0.4 is 16.0 Å². The molecule has 0 aliphatic rings. The van der Waals surface area contributed by atoms with Crippen LogP contribution in [0.5, 0.6) is 0 Å². The van der Waals surface area contributed by atoms with Gasteiger partial charge in [-0.15, -0.1) is 10.2 Å². The fourth-order valence-electron chi connectivity index (χ4n) is 3.59. The molecule has 0 fully saturated rings. The van der Waals surface area contributed by atoms with E-state index >= 15 is 0 Å². The van der Waals surface area contributed by atoms with Crippen LogP contribution in [-0.4, -0.2) is 75.1 Å². The topological polar surface area (TPSA) is 183 Å². The van der Waals surface area contributed by atoms with Crippen LogP contribution in [0.2, 0.25) is 0 Å². The Bertz CT molecular complexity index is 1420. The van der Waals surface area contributed by atoms with E-state index in [2.05, 4.69) is 31.4 Å². The normalized spacial score (nSPS) is 11.6. The van der Waals surface area contributed by atoms with Gasteiger partial charge in [-0.3, -0.25) is 19.2 Å². The largest absolute Gasteiger partial charge is 0.460 e. The quantitative estimate of drug-likeness (QED) is 0.265. The number of likely N-dealkylation sites (N-methyl/N-ethyl adjacent to an activating group) is 1. The number of esters is 1. The van der Waals surface area contributed by atoms with Crippen LogP contribution in [-0.2, 0) is 37.0 Å². The summed E-state index contributed by atoms with van der Waals surface area (Å²) in [5, 5.41) is 19.4. The molecule has 42 heavy (non-hydrogen) atoms. The van der Waals surface area contributed by atoms with Crippen LogP contribution in [0, 0.1) is 0 Å². The number of rotatable bonds is 12. The van der Waals surface area contributed by atoms with E-state index in [4.69, 9.17) is 9.47 Å². The van der Waals surface area contributed by atoms with Gasteiger partial charge in [0, 0.05) is 12.6 Å². The molecule has 0 aliphatic carbocycles. The SMILES string of the molecule is CNC(=O)CNC(=O)c1ccccc1-c1nnn(CC(=O)C(CC(=O)OC(C)(C)C)NC(=O)OCc2ccccc2)n1. The summed E-state index contributed by atoms with van der Waals surface area (Å²) in [6.07, 6.45) is -1.35. The molecule has 3 rings (SSSR count). The minimum Gasteiger partial charge on any atom is -0.460 e. The van der Waals surface area contributed by atoms with Crippen LogP contribution >= 0.6 is 0 Å². The Morgan fingerprint density at radius 2 is 1.67 bits per heavy atom. The first kappa shape index (κ1) is 31.4. The number of nitrogens with one attached hydrogen (secondary N) is 3. The van der Waals surface area contributed by atoms with Crippen molar-refractivity contribution in [3.05, 3.63) is 65.7 Å². The number of carbonyl (C=O) groups is 5. The standard InChI is InChI=1S/C28H33N7O7/c1-28(2,3)42-24(38)14-21(31-27(40)41-17-18-10-6-5-7-11-18)22(36)16-35-33-25(32-34-35)19-12-8-9-13-20(19)26(39)30-15-23(37)29-4/h5-13,21H,14-17H2,1-4H3,(H,29,37)(H,30,39)(H,31,40). The number of amides is 3. The first-order chi connectivity index (χ1) is 19.9. The third-order valence-electron chi connectivity index (χ3n) is 5.54. The van der Waals surface area contributed by atoms with Crippen molar-refractivity contribution in [3.63, 3.8) is 0 Å². The summed E-state index contributed by atoms with van der Waals surface area (Å²) in [6, 6.07) is 14.1. The molecule has 3 aromatic rings. The molecule has 0 spiro atoms. The minimum atomic E-state index is -1.31. The lowest BCUT2D eigenvalue weighted by Gasteiger charge is -2.22. The van der Waals surface area contributed by atoms with Gasteiger partial charge in [0.05, 0.1) is 18.5 Å². The predicted molar refractivity (Wildman–Crippen MR) is 149 cm³/mol. The van der Waals surface area contributed by atoms with Crippen molar-refractivity contribution < 1.29 is 33.4 Å². The smallest absolute Gasteiger partial charge is 0.408 e. The molecule has 0 saturated carbocycles. The summed E-state index contributed by atoms with van der Waals surface area (Å²) in [4.78, 5) is 63.4. The van der Waals surface area contributed by atoms with Gasteiger partial charge in [-0.25, -0.2) is 4.79 Å². The molecular formula is C28H33N7O7. The number of hydrogen-bond donors (Lipinski definition) is 3. The Balaban J connectivity index is 1.72. The average Bonchev–Trinajstić information content (AvgIpc) is 3.42. The predicted octanol–water partition coefficient (Wildman–Crippen LogP) is 1.41. The number of tetrazole rings is 1. The second-order valence-electron chi connectivity index (χ2n) is 10.1. The number of nitrogens with zero attached hydrogens (tertiary/aromatic N) is 4. The monoisotopic (exact) mass is 579 g/mol. The van der Waals surface area contributed by atoms with E-state index in [0.717, 1.165) is 10.4 Å². The molecule has 14 heteroatoms. The molecule has 0 aliphatic heterocycles. The van der Waals surface area contributed by atoms with Crippen molar-refractivity contribution in [2.45, 2.75) is 52.0 Å². The molecule has 14 nitrogen and oxygen atoms in total. The van der Waals surface area contributed by atoms with E-state index in [1.54, 1.807) is 63.2 Å². The lowest BCUT2D eigenvalue weighted by molar-refractivity contribution is -0.156. The fraction of sp³-hybridized carbons (Fsp3) is 0.357. The van der Waals surface area contributed by atoms with E-state index in [1.165, 1.54) is 13.1 Å². The molecule has 1 heterocycles. The van der Waals surface area contributed by atoms with Gasteiger partial charge in [0.1, 0.15) is 24.8 Å². The van der Waals surface area contributed by atoms with Gasteiger partial charge in [-0.1, -0.05) is 48.5 Å². The molecule has 2 aromatic carbocycles. The van der Waals surface area contributed by atoms with E-state index in [0.29, 0.717) is 5.56 Å². The van der Waals surface area contributed by atoms with Crippen molar-refractivity contribution in [3.8, 4) is 11.4 Å². The Morgan fingerprint density at radius 1 is 0.976 bits per heavy atom. The maximum Gasteiger partial charge on any atom is 0.408 e. The zero-order chi connectivity index (χ0) is 30.7. The van der Waals surface area contributed by atoms with Gasteiger partial charge < -0.3 is 25.4 Å². The first-order valence-corrected chi connectivity index (χ1v) is 13.0. The van der Waals surface area contributed by atoms with Crippen molar-refractivity contribution in [2.75, 3.05) is 13.6 Å². The van der Waals surface area contributed by atoms with E-state index in [9.17, 15) is 24.0 Å². The number of ether oxygens (including phenoxy) is 2. The summed E-state index contributed by atoms with van der Waals surface area (Å²) in [6.45, 7) is 4.33. The zero-order valence-corrected chi connectivity index (χ0v) is 23.7. The van der Waals surface area contributed by atoms with Gasteiger partial charge in [-0.05, 0) is 37.6 Å². The highest BCUT2D eigenvalue weighted by Crippen LogP contribution is 2.19. The maximum atomic E-state index is 13.2. The lowest BCUT2D eigenvalue weighted by atomic mass is 10.1. The summed E-state index contributed by atoms with van der Waals surface area (Å²) in [5.41, 5.74) is 0.446. The molecular weight excluding hydrogens is 546 g/mol. The molecule has 1 atom stereocenters. The molecule has 3 N–H and O–H groups in total. The van der Waals surface area contributed by atoms with E-state index < -0.39 is 48.4 Å². The fourth-order valence-corrected chi connectivity index (χ4v) is 3.59. The summed E-state index contributed by atoms with van der Waals surface area (Å²) < 4.78 is 10.5. The second-order valence-corrected chi connectivity index (χ2v) is 10.1. The highest BCUT2D eigenvalue weighted by molar-refractivity contribution is 6.01. The van der Waals surface area contributed by atoms with Crippen molar-refractivity contribution in [2.24, 2.45) is 0 Å². The number of Topliss-reactive ketones (excluding diaryl/α,β-unsaturated/α-hetero) is 1. The van der Waals surface area contributed by atoms with Crippen molar-refractivity contribution in [1.29, 1.82) is 0 Å². The van der Waals surface area contributed by atoms with Crippen LogP contribution in [0.25, 0.3) is 11.4 Å². The highest BCUT2D eigenvalue weighted by atomic mass is 16.6. The van der Waals surface area contributed by atoms with Crippen LogP contribution in [0.4, 0.5) is 4.79 Å².